The van der Waals surface area contributed by atoms with Gasteiger partial charge in [0, 0.05) is 13.0 Å². The first-order valence-corrected chi connectivity index (χ1v) is 4.56. The Morgan fingerprint density at radius 3 is 2.23 bits per heavy atom. The van der Waals surface area contributed by atoms with E-state index in [0.717, 1.165) is 0 Å². The molecule has 0 saturated carbocycles. The predicted molar refractivity (Wildman–Crippen MR) is 48.9 cm³/mol. The normalized spacial score (nSPS) is 15.0. The lowest BCUT2D eigenvalue weighted by atomic mass is 9.90. The van der Waals surface area contributed by atoms with Crippen molar-refractivity contribution in [3.8, 4) is 0 Å². The maximum atomic E-state index is 13.0. The Hall–Kier alpha value is -0.220. The number of rotatable bonds is 6. The lowest BCUT2D eigenvalue weighted by molar-refractivity contribution is -0.0344. The van der Waals surface area contributed by atoms with Crippen LogP contribution in [0.5, 0.6) is 0 Å². The molecule has 0 spiro atoms. The first kappa shape index (κ1) is 12.8. The molecule has 0 aliphatic heterocycles. The zero-order valence-corrected chi connectivity index (χ0v) is 8.48. The number of hydrogen-bond acceptors (Lipinski definition) is 2. The minimum absolute atomic E-state index is 0.0905. The number of halogens is 2. The number of aliphatic hydroxyl groups excluding tert-OH is 1. The van der Waals surface area contributed by atoms with E-state index in [9.17, 15) is 8.78 Å². The fourth-order valence-corrected chi connectivity index (χ4v) is 1.23. The molecule has 0 fully saturated rings. The average Bonchev–Trinajstić information content (AvgIpc) is 1.99. The Kier molecular flexibility index (Phi) is 5.40. The van der Waals surface area contributed by atoms with Crippen molar-refractivity contribution in [3.63, 3.8) is 0 Å². The highest BCUT2D eigenvalue weighted by Gasteiger charge is 2.32. The molecule has 0 heterocycles. The number of alkyl halides is 2. The van der Waals surface area contributed by atoms with Crippen molar-refractivity contribution in [2.45, 2.75) is 26.2 Å². The van der Waals surface area contributed by atoms with Gasteiger partial charge in [0.25, 0.3) is 5.92 Å². The summed E-state index contributed by atoms with van der Waals surface area (Å²) in [7, 11) is 1.50. The Morgan fingerprint density at radius 2 is 1.92 bits per heavy atom. The molecule has 0 rings (SSSR count). The lowest BCUT2D eigenvalue weighted by Crippen LogP contribution is -2.34. The predicted octanol–water partition coefficient (Wildman–Crippen LogP) is 1.50. The fourth-order valence-electron chi connectivity index (χ4n) is 1.23. The van der Waals surface area contributed by atoms with E-state index in [0.29, 0.717) is 0 Å². The minimum Gasteiger partial charge on any atom is -0.396 e. The second-order valence-corrected chi connectivity index (χ2v) is 3.78. The number of aliphatic hydroxyl groups is 1. The molecule has 0 aromatic rings. The summed E-state index contributed by atoms with van der Waals surface area (Å²) in [5.41, 5.74) is 0. The largest absolute Gasteiger partial charge is 0.396 e. The summed E-state index contributed by atoms with van der Waals surface area (Å²) >= 11 is 0. The van der Waals surface area contributed by atoms with Gasteiger partial charge in [-0.1, -0.05) is 13.8 Å². The van der Waals surface area contributed by atoms with E-state index < -0.39 is 5.92 Å². The molecule has 13 heavy (non-hydrogen) atoms. The summed E-state index contributed by atoms with van der Waals surface area (Å²) < 4.78 is 26.1. The highest BCUT2D eigenvalue weighted by molar-refractivity contribution is 4.75. The summed E-state index contributed by atoms with van der Waals surface area (Å²) in [6.45, 7) is 3.19. The van der Waals surface area contributed by atoms with E-state index >= 15 is 0 Å². The van der Waals surface area contributed by atoms with Crippen LogP contribution in [0.3, 0.4) is 0 Å². The van der Waals surface area contributed by atoms with Crippen LogP contribution in [0, 0.1) is 11.8 Å². The molecule has 0 bridgehead atoms. The van der Waals surface area contributed by atoms with E-state index in [1.165, 1.54) is 7.05 Å². The molecule has 0 aromatic carbocycles. The molecule has 0 aromatic heterocycles. The summed E-state index contributed by atoms with van der Waals surface area (Å²) in [4.78, 5) is 0. The molecule has 1 unspecified atom stereocenters. The molecule has 80 valence electrons. The van der Waals surface area contributed by atoms with Gasteiger partial charge in [0.15, 0.2) is 0 Å². The van der Waals surface area contributed by atoms with Gasteiger partial charge >= 0.3 is 0 Å². The third kappa shape index (κ3) is 5.16. The summed E-state index contributed by atoms with van der Waals surface area (Å²) in [6.07, 6.45) is -0.248. The molecular formula is C9H19F2NO. The highest BCUT2D eigenvalue weighted by Crippen LogP contribution is 2.26. The van der Waals surface area contributed by atoms with Crippen LogP contribution in [0.1, 0.15) is 20.3 Å². The van der Waals surface area contributed by atoms with Gasteiger partial charge in [0.1, 0.15) is 0 Å². The lowest BCUT2D eigenvalue weighted by Gasteiger charge is -2.24. The Morgan fingerprint density at radius 1 is 1.38 bits per heavy atom. The third-order valence-electron chi connectivity index (χ3n) is 2.17. The van der Waals surface area contributed by atoms with Gasteiger partial charge in [-0.25, -0.2) is 8.78 Å². The van der Waals surface area contributed by atoms with Gasteiger partial charge in [0.2, 0.25) is 0 Å². The minimum atomic E-state index is -2.72. The zero-order valence-electron chi connectivity index (χ0n) is 8.48. The molecule has 0 amide bonds. The second kappa shape index (κ2) is 5.50. The summed E-state index contributed by atoms with van der Waals surface area (Å²) in [6, 6.07) is 0. The van der Waals surface area contributed by atoms with E-state index in [1.807, 2.05) is 13.8 Å². The first-order chi connectivity index (χ1) is 5.93. The Labute approximate surface area is 78.3 Å². The van der Waals surface area contributed by atoms with Crippen molar-refractivity contribution >= 4 is 0 Å². The molecule has 0 aliphatic carbocycles. The van der Waals surface area contributed by atoms with Crippen molar-refractivity contribution in [2.75, 3.05) is 20.2 Å². The van der Waals surface area contributed by atoms with Crippen LogP contribution < -0.4 is 5.32 Å². The molecule has 0 radical (unpaired) electrons. The van der Waals surface area contributed by atoms with Crippen LogP contribution in [0.25, 0.3) is 0 Å². The Balaban J connectivity index is 4.05. The molecule has 2 N–H and O–H groups in total. The van der Waals surface area contributed by atoms with Crippen molar-refractivity contribution in [1.82, 2.24) is 5.32 Å². The van der Waals surface area contributed by atoms with Crippen molar-refractivity contribution in [1.29, 1.82) is 0 Å². The number of nitrogens with one attached hydrogen (secondary N) is 1. The summed E-state index contributed by atoms with van der Waals surface area (Å²) in [5, 5.41) is 11.3. The molecule has 0 aliphatic rings. The smallest absolute Gasteiger partial charge is 0.260 e. The van der Waals surface area contributed by atoms with Crippen LogP contribution in [-0.2, 0) is 0 Å². The first-order valence-electron chi connectivity index (χ1n) is 4.56. The number of hydrogen-bond donors (Lipinski definition) is 2. The maximum Gasteiger partial charge on any atom is 0.260 e. The topological polar surface area (TPSA) is 32.3 Å². The Bertz CT molecular complexity index is 140. The maximum absolute atomic E-state index is 13.0. The molecule has 2 nitrogen and oxygen atoms in total. The zero-order chi connectivity index (χ0) is 10.5. The van der Waals surface area contributed by atoms with Crippen LogP contribution in [0.4, 0.5) is 8.78 Å². The molecule has 1 atom stereocenters. The average molecular weight is 195 g/mol. The van der Waals surface area contributed by atoms with E-state index in [1.54, 1.807) is 0 Å². The van der Waals surface area contributed by atoms with Crippen LogP contribution in [0.15, 0.2) is 0 Å². The van der Waals surface area contributed by atoms with Gasteiger partial charge in [0.05, 0.1) is 6.54 Å². The quantitative estimate of drug-likeness (QED) is 0.673. The van der Waals surface area contributed by atoms with Gasteiger partial charge in [-0.3, -0.25) is 0 Å². The van der Waals surface area contributed by atoms with E-state index in [4.69, 9.17) is 5.11 Å². The third-order valence-corrected chi connectivity index (χ3v) is 2.17. The SMILES string of the molecule is CNCC(F)(F)CC(CO)C(C)C. The van der Waals surface area contributed by atoms with Crippen molar-refractivity contribution in [2.24, 2.45) is 11.8 Å². The van der Waals surface area contributed by atoms with Gasteiger partial charge < -0.3 is 10.4 Å². The van der Waals surface area contributed by atoms with Crippen LogP contribution in [-0.4, -0.2) is 31.2 Å². The van der Waals surface area contributed by atoms with Gasteiger partial charge in [-0.2, -0.15) is 0 Å². The molecular weight excluding hydrogens is 176 g/mol. The van der Waals surface area contributed by atoms with Crippen molar-refractivity contribution < 1.29 is 13.9 Å². The van der Waals surface area contributed by atoms with Crippen LogP contribution in [0.2, 0.25) is 0 Å². The van der Waals surface area contributed by atoms with Crippen molar-refractivity contribution in [3.05, 3.63) is 0 Å². The van der Waals surface area contributed by atoms with Gasteiger partial charge in [-0.05, 0) is 18.9 Å². The molecule has 4 heteroatoms. The monoisotopic (exact) mass is 195 g/mol. The highest BCUT2D eigenvalue weighted by atomic mass is 19.3. The second-order valence-electron chi connectivity index (χ2n) is 3.78. The van der Waals surface area contributed by atoms with Gasteiger partial charge in [-0.15, -0.1) is 0 Å². The fraction of sp³-hybridized carbons (Fsp3) is 1.00. The summed E-state index contributed by atoms with van der Waals surface area (Å²) in [5.74, 6) is -2.94. The van der Waals surface area contributed by atoms with E-state index in [-0.39, 0.29) is 31.4 Å². The molecule has 0 saturated heterocycles. The standard InChI is InChI=1S/C9H19F2NO/c1-7(2)8(5-13)4-9(10,11)6-12-3/h7-8,12-13H,4-6H2,1-3H3. The van der Waals surface area contributed by atoms with Crippen LogP contribution >= 0.6 is 0 Å². The van der Waals surface area contributed by atoms with E-state index in [2.05, 4.69) is 5.32 Å².